The average Bonchev–Trinajstić information content (AvgIpc) is 2.53. The van der Waals surface area contributed by atoms with Gasteiger partial charge in [0.15, 0.2) is 5.78 Å². The molecule has 2 rings (SSSR count). The van der Waals surface area contributed by atoms with Crippen LogP contribution in [0, 0.1) is 0 Å². The lowest BCUT2D eigenvalue weighted by Crippen LogP contribution is -2.07. The highest BCUT2D eigenvalue weighted by Gasteiger charge is 2.12. The molecule has 0 amide bonds. The van der Waals surface area contributed by atoms with Gasteiger partial charge in [-0.25, -0.2) is 0 Å². The van der Waals surface area contributed by atoms with Gasteiger partial charge in [0, 0.05) is 19.8 Å². The predicted octanol–water partition coefficient (Wildman–Crippen LogP) is 3.24. The Kier molecular flexibility index (Phi) is 5.88. The molecule has 120 valence electrons. The van der Waals surface area contributed by atoms with E-state index in [4.69, 9.17) is 14.3 Å². The van der Waals surface area contributed by atoms with Gasteiger partial charge in [0.2, 0.25) is 0 Å². The van der Waals surface area contributed by atoms with Gasteiger partial charge in [-0.05, 0) is 35.9 Å². The molecule has 0 aliphatic heterocycles. The summed E-state index contributed by atoms with van der Waals surface area (Å²) in [4.78, 5) is 32.2. The van der Waals surface area contributed by atoms with Crippen molar-refractivity contribution in [1.82, 2.24) is 0 Å². The van der Waals surface area contributed by atoms with Crippen molar-refractivity contribution in [3.8, 4) is 5.75 Å². The first-order valence-electron chi connectivity index (χ1n) is 6.92. The third-order valence-corrected chi connectivity index (χ3v) is 3.53. The Hall–Kier alpha value is -2.20. The van der Waals surface area contributed by atoms with E-state index in [-0.39, 0.29) is 17.1 Å². The lowest BCUT2D eigenvalue weighted by molar-refractivity contribution is 0.104. The van der Waals surface area contributed by atoms with Crippen molar-refractivity contribution < 1.29 is 19.1 Å². The molecule has 0 aromatic heterocycles. The Morgan fingerprint density at radius 3 is 2.35 bits per heavy atom. The van der Waals surface area contributed by atoms with Gasteiger partial charge in [0.25, 0.3) is 0 Å². The highest BCUT2D eigenvalue weighted by atomic mass is 31.2. The molecule has 2 N–H and O–H groups in total. The Labute approximate surface area is 136 Å². The maximum atomic E-state index is 12.3. The van der Waals surface area contributed by atoms with E-state index in [0.29, 0.717) is 0 Å². The van der Waals surface area contributed by atoms with Crippen LogP contribution in [0.2, 0.25) is 0 Å². The number of allylic oxidation sites excluding steroid dienone is 1. The lowest BCUT2D eigenvalue weighted by atomic mass is 10.1. The molecule has 23 heavy (non-hydrogen) atoms. The molecule has 6 heteroatoms. The summed E-state index contributed by atoms with van der Waals surface area (Å²) in [5.41, 5.74) is 2.25. The van der Waals surface area contributed by atoms with E-state index in [1.807, 2.05) is 43.3 Å². The highest BCUT2D eigenvalue weighted by molar-refractivity contribution is 7.39. The van der Waals surface area contributed by atoms with E-state index in [1.165, 1.54) is 12.1 Å². The van der Waals surface area contributed by atoms with Crippen molar-refractivity contribution >= 4 is 26.1 Å². The van der Waals surface area contributed by atoms with Crippen molar-refractivity contribution in [3.05, 3.63) is 65.7 Å². The van der Waals surface area contributed by atoms with Gasteiger partial charge in [-0.2, -0.15) is 0 Å². The smallest absolute Gasteiger partial charge is 0.391 e. The van der Waals surface area contributed by atoms with Gasteiger partial charge in [-0.15, -0.1) is 0 Å². The molecule has 0 saturated heterocycles. The van der Waals surface area contributed by atoms with Crippen LogP contribution in [0.25, 0.3) is 6.08 Å². The molecule has 2 aromatic carbocycles. The molecule has 0 fully saturated rings. The number of nitrogens with zero attached hydrogens (tertiary/aromatic N) is 1. The fourth-order valence-electron chi connectivity index (χ4n) is 1.98. The lowest BCUT2D eigenvalue weighted by Gasteiger charge is -2.11. The van der Waals surface area contributed by atoms with Crippen LogP contribution in [0.15, 0.2) is 54.6 Å². The number of para-hydroxylation sites is 1. The van der Waals surface area contributed by atoms with Crippen LogP contribution < -0.4 is 9.42 Å². The van der Waals surface area contributed by atoms with E-state index >= 15 is 0 Å². The number of carbonyl (C=O) groups excluding carboxylic acids is 1. The molecule has 0 unspecified atom stereocenters. The van der Waals surface area contributed by atoms with E-state index in [0.717, 1.165) is 11.3 Å². The fourth-order valence-corrected chi connectivity index (χ4v) is 2.32. The SMILES string of the molecule is CN(C)c1ccc(/C=C/C(=O)c2ccccc2OP(O)O)cc1. The summed E-state index contributed by atoms with van der Waals surface area (Å²) in [6.45, 7) is 0. The molecule has 0 radical (unpaired) electrons. The zero-order valence-corrected chi connectivity index (χ0v) is 13.8. The second kappa shape index (κ2) is 7.88. The molecule has 2 aromatic rings. The Morgan fingerprint density at radius 2 is 1.74 bits per heavy atom. The normalized spacial score (nSPS) is 11.0. The topological polar surface area (TPSA) is 70.0 Å². The minimum atomic E-state index is -2.56. The van der Waals surface area contributed by atoms with Crippen LogP contribution >= 0.6 is 8.60 Å². The van der Waals surface area contributed by atoms with Crippen molar-refractivity contribution in [2.75, 3.05) is 19.0 Å². The van der Waals surface area contributed by atoms with E-state index in [1.54, 1.807) is 24.3 Å². The first-order valence-corrected chi connectivity index (χ1v) is 8.08. The van der Waals surface area contributed by atoms with Crippen molar-refractivity contribution in [2.24, 2.45) is 0 Å². The highest BCUT2D eigenvalue weighted by Crippen LogP contribution is 2.31. The van der Waals surface area contributed by atoms with Crippen molar-refractivity contribution in [2.45, 2.75) is 0 Å². The summed E-state index contributed by atoms with van der Waals surface area (Å²) in [5.74, 6) is -0.115. The van der Waals surface area contributed by atoms with Gasteiger partial charge in [-0.1, -0.05) is 30.3 Å². The quantitative estimate of drug-likeness (QED) is 0.483. The summed E-state index contributed by atoms with van der Waals surface area (Å²) in [6.07, 6.45) is 3.14. The van der Waals surface area contributed by atoms with Crippen molar-refractivity contribution in [1.29, 1.82) is 0 Å². The first-order chi connectivity index (χ1) is 11.0. The Morgan fingerprint density at radius 1 is 1.09 bits per heavy atom. The molecule has 0 saturated carbocycles. The molecular formula is C17H18NO4P. The zero-order valence-electron chi connectivity index (χ0n) is 12.9. The van der Waals surface area contributed by atoms with Crippen LogP contribution in [0.4, 0.5) is 5.69 Å². The van der Waals surface area contributed by atoms with Gasteiger partial charge in [0.05, 0.1) is 5.56 Å². The summed E-state index contributed by atoms with van der Waals surface area (Å²) < 4.78 is 4.88. The van der Waals surface area contributed by atoms with Crippen LogP contribution in [0.5, 0.6) is 5.75 Å². The second-order valence-corrected chi connectivity index (χ2v) is 5.71. The number of rotatable bonds is 6. The van der Waals surface area contributed by atoms with Crippen molar-refractivity contribution in [3.63, 3.8) is 0 Å². The van der Waals surface area contributed by atoms with Gasteiger partial charge in [-0.3, -0.25) is 4.79 Å². The number of hydrogen-bond donors (Lipinski definition) is 2. The summed E-state index contributed by atoms with van der Waals surface area (Å²) in [5, 5.41) is 0. The van der Waals surface area contributed by atoms with Crippen LogP contribution in [0.3, 0.4) is 0 Å². The first kappa shape index (κ1) is 17.2. The molecule has 5 nitrogen and oxygen atoms in total. The Balaban J connectivity index is 2.15. The fraction of sp³-hybridized carbons (Fsp3) is 0.118. The van der Waals surface area contributed by atoms with E-state index in [2.05, 4.69) is 0 Å². The molecular weight excluding hydrogens is 313 g/mol. The molecule has 0 heterocycles. The van der Waals surface area contributed by atoms with Gasteiger partial charge >= 0.3 is 8.60 Å². The monoisotopic (exact) mass is 331 g/mol. The van der Waals surface area contributed by atoms with Crippen LogP contribution in [-0.2, 0) is 0 Å². The summed E-state index contributed by atoms with van der Waals surface area (Å²) in [6, 6.07) is 14.2. The van der Waals surface area contributed by atoms with E-state index < -0.39 is 8.60 Å². The van der Waals surface area contributed by atoms with Gasteiger partial charge < -0.3 is 19.2 Å². The number of ketones is 1. The van der Waals surface area contributed by atoms with Crippen LogP contribution in [-0.4, -0.2) is 29.7 Å². The number of anilines is 1. The second-order valence-electron chi connectivity index (χ2n) is 5.02. The number of carbonyl (C=O) groups is 1. The Bertz CT molecular complexity index is 696. The van der Waals surface area contributed by atoms with Crippen LogP contribution in [0.1, 0.15) is 15.9 Å². The molecule has 0 bridgehead atoms. The zero-order chi connectivity index (χ0) is 16.8. The summed E-state index contributed by atoms with van der Waals surface area (Å²) >= 11 is 0. The third-order valence-electron chi connectivity index (χ3n) is 3.17. The number of benzene rings is 2. The maximum absolute atomic E-state index is 12.3. The van der Waals surface area contributed by atoms with Gasteiger partial charge in [0.1, 0.15) is 5.75 Å². The van der Waals surface area contributed by atoms with E-state index in [9.17, 15) is 4.79 Å². The minimum absolute atomic E-state index is 0.154. The maximum Gasteiger partial charge on any atom is 0.391 e. The third kappa shape index (κ3) is 4.89. The molecule has 0 atom stereocenters. The number of hydrogen-bond acceptors (Lipinski definition) is 5. The summed E-state index contributed by atoms with van der Waals surface area (Å²) in [7, 11) is 1.36. The average molecular weight is 331 g/mol. The molecule has 0 spiro atoms. The predicted molar refractivity (Wildman–Crippen MR) is 92.6 cm³/mol. The minimum Gasteiger partial charge on any atom is -0.426 e. The molecule has 0 aliphatic rings. The largest absolute Gasteiger partial charge is 0.426 e. The molecule has 0 aliphatic carbocycles. The standard InChI is InChI=1S/C17H18NO4P/c1-18(2)14-10-7-13(8-11-14)9-12-16(19)15-5-3-4-6-17(15)22-23(20)21/h3-12,20-21H,1-2H3/b12-9+.